The first-order valence-corrected chi connectivity index (χ1v) is 7.20. The molecular formula is C14H28N2O2. The van der Waals surface area contributed by atoms with Crippen molar-refractivity contribution in [2.45, 2.75) is 70.4 Å². The van der Waals surface area contributed by atoms with Crippen LogP contribution in [0.4, 0.5) is 0 Å². The maximum atomic E-state index is 11.6. The summed E-state index contributed by atoms with van der Waals surface area (Å²) in [6.07, 6.45) is 6.09. The number of carbonyl (C=O) groups is 1. The van der Waals surface area contributed by atoms with Gasteiger partial charge in [0.2, 0.25) is 5.91 Å². The van der Waals surface area contributed by atoms with Crippen molar-refractivity contribution in [3.05, 3.63) is 0 Å². The van der Waals surface area contributed by atoms with Gasteiger partial charge >= 0.3 is 0 Å². The van der Waals surface area contributed by atoms with E-state index in [4.69, 9.17) is 5.73 Å². The molecule has 0 saturated heterocycles. The van der Waals surface area contributed by atoms with Crippen LogP contribution in [-0.4, -0.2) is 29.2 Å². The zero-order chi connectivity index (χ0) is 13.6. The summed E-state index contributed by atoms with van der Waals surface area (Å²) in [6, 6.07) is 0.0545. The van der Waals surface area contributed by atoms with Crippen LogP contribution in [0.5, 0.6) is 0 Å². The Hall–Kier alpha value is -0.610. The Morgan fingerprint density at radius 3 is 2.61 bits per heavy atom. The van der Waals surface area contributed by atoms with Crippen LogP contribution in [0, 0.1) is 5.92 Å². The van der Waals surface area contributed by atoms with Crippen molar-refractivity contribution in [1.29, 1.82) is 0 Å². The van der Waals surface area contributed by atoms with Gasteiger partial charge < -0.3 is 16.2 Å². The molecule has 1 saturated carbocycles. The lowest BCUT2D eigenvalue weighted by molar-refractivity contribution is -0.123. The van der Waals surface area contributed by atoms with Crippen LogP contribution in [0.15, 0.2) is 0 Å². The SMILES string of the molecule is CCC1CCC(O)(CNC(=O)CCC(C)N)CC1. The van der Waals surface area contributed by atoms with Crippen molar-refractivity contribution in [3.8, 4) is 0 Å². The zero-order valence-corrected chi connectivity index (χ0v) is 11.7. The van der Waals surface area contributed by atoms with Gasteiger partial charge in [0.05, 0.1) is 5.60 Å². The first-order valence-electron chi connectivity index (χ1n) is 7.20. The Balaban J connectivity index is 2.24. The second kappa shape index (κ2) is 7.10. The molecule has 4 heteroatoms. The smallest absolute Gasteiger partial charge is 0.220 e. The average Bonchev–Trinajstić information content (AvgIpc) is 2.35. The minimum atomic E-state index is -0.685. The molecule has 4 nitrogen and oxygen atoms in total. The molecule has 4 N–H and O–H groups in total. The van der Waals surface area contributed by atoms with Gasteiger partial charge in [-0.25, -0.2) is 0 Å². The van der Waals surface area contributed by atoms with E-state index in [1.165, 1.54) is 6.42 Å². The summed E-state index contributed by atoms with van der Waals surface area (Å²) in [5.41, 5.74) is 4.92. The van der Waals surface area contributed by atoms with Gasteiger partial charge in [0.15, 0.2) is 0 Å². The van der Waals surface area contributed by atoms with Crippen molar-refractivity contribution in [2.75, 3.05) is 6.54 Å². The molecule has 0 heterocycles. The van der Waals surface area contributed by atoms with E-state index in [-0.39, 0.29) is 11.9 Å². The summed E-state index contributed by atoms with van der Waals surface area (Å²) >= 11 is 0. The molecule has 0 aliphatic heterocycles. The Morgan fingerprint density at radius 2 is 2.11 bits per heavy atom. The van der Waals surface area contributed by atoms with Gasteiger partial charge in [-0.1, -0.05) is 13.3 Å². The molecule has 0 aromatic carbocycles. The number of rotatable bonds is 6. The van der Waals surface area contributed by atoms with E-state index >= 15 is 0 Å². The van der Waals surface area contributed by atoms with E-state index in [0.717, 1.165) is 31.6 Å². The number of nitrogens with one attached hydrogen (secondary N) is 1. The van der Waals surface area contributed by atoms with Gasteiger partial charge in [0.25, 0.3) is 0 Å². The van der Waals surface area contributed by atoms with Crippen LogP contribution in [0.2, 0.25) is 0 Å². The van der Waals surface area contributed by atoms with Crippen LogP contribution in [0.25, 0.3) is 0 Å². The minimum absolute atomic E-state index is 0.00154. The quantitative estimate of drug-likeness (QED) is 0.675. The molecule has 0 radical (unpaired) electrons. The van der Waals surface area contributed by atoms with Gasteiger partial charge in [0, 0.05) is 19.0 Å². The third-order valence-corrected chi connectivity index (χ3v) is 4.05. The highest BCUT2D eigenvalue weighted by atomic mass is 16.3. The van der Waals surface area contributed by atoms with E-state index in [2.05, 4.69) is 12.2 Å². The second-order valence-electron chi connectivity index (χ2n) is 5.87. The lowest BCUT2D eigenvalue weighted by atomic mass is 9.78. The van der Waals surface area contributed by atoms with Crippen LogP contribution in [-0.2, 0) is 4.79 Å². The van der Waals surface area contributed by atoms with Gasteiger partial charge in [-0.05, 0) is 44.9 Å². The third-order valence-electron chi connectivity index (χ3n) is 4.05. The third kappa shape index (κ3) is 5.36. The fourth-order valence-corrected chi connectivity index (χ4v) is 2.51. The summed E-state index contributed by atoms with van der Waals surface area (Å²) in [6.45, 7) is 4.48. The number of carbonyl (C=O) groups excluding carboxylic acids is 1. The molecule has 1 atom stereocenters. The summed E-state index contributed by atoms with van der Waals surface area (Å²) in [5, 5.41) is 13.2. The normalized spacial score (nSPS) is 29.9. The molecule has 106 valence electrons. The maximum absolute atomic E-state index is 11.6. The number of nitrogens with two attached hydrogens (primary N) is 1. The van der Waals surface area contributed by atoms with E-state index in [1.54, 1.807) is 0 Å². The van der Waals surface area contributed by atoms with Crippen molar-refractivity contribution in [2.24, 2.45) is 11.7 Å². The van der Waals surface area contributed by atoms with E-state index in [9.17, 15) is 9.90 Å². The molecular weight excluding hydrogens is 228 g/mol. The van der Waals surface area contributed by atoms with Crippen molar-refractivity contribution >= 4 is 5.91 Å². The average molecular weight is 256 g/mol. The molecule has 1 unspecified atom stereocenters. The molecule has 0 bridgehead atoms. The topological polar surface area (TPSA) is 75.3 Å². The molecule has 1 aliphatic carbocycles. The van der Waals surface area contributed by atoms with Crippen LogP contribution in [0.1, 0.15) is 58.8 Å². The number of amides is 1. The number of aliphatic hydroxyl groups is 1. The van der Waals surface area contributed by atoms with Gasteiger partial charge in [-0.3, -0.25) is 4.79 Å². The number of hydrogen-bond acceptors (Lipinski definition) is 3. The first-order chi connectivity index (χ1) is 8.45. The van der Waals surface area contributed by atoms with Crippen molar-refractivity contribution in [1.82, 2.24) is 5.32 Å². The molecule has 1 amide bonds. The lowest BCUT2D eigenvalue weighted by Crippen LogP contribution is -2.45. The molecule has 0 aromatic heterocycles. The Bertz CT molecular complexity index is 259. The summed E-state index contributed by atoms with van der Waals surface area (Å²) in [5.74, 6) is 0.748. The predicted octanol–water partition coefficient (Wildman–Crippen LogP) is 1.56. The Labute approximate surface area is 110 Å². The standard InChI is InChI=1S/C14H28N2O2/c1-3-12-6-8-14(18,9-7-12)10-16-13(17)5-4-11(2)15/h11-12,18H,3-10,15H2,1-2H3,(H,16,17). The Kier molecular flexibility index (Phi) is 6.09. The van der Waals surface area contributed by atoms with Crippen molar-refractivity contribution in [3.63, 3.8) is 0 Å². The maximum Gasteiger partial charge on any atom is 0.220 e. The highest BCUT2D eigenvalue weighted by Crippen LogP contribution is 2.33. The van der Waals surface area contributed by atoms with Crippen molar-refractivity contribution < 1.29 is 9.90 Å². The predicted molar refractivity (Wildman–Crippen MR) is 73.1 cm³/mol. The minimum Gasteiger partial charge on any atom is -0.388 e. The van der Waals surface area contributed by atoms with Gasteiger partial charge in [-0.2, -0.15) is 0 Å². The molecule has 1 rings (SSSR count). The highest BCUT2D eigenvalue weighted by molar-refractivity contribution is 5.75. The summed E-state index contributed by atoms with van der Waals surface area (Å²) in [7, 11) is 0. The van der Waals surface area contributed by atoms with Crippen LogP contribution >= 0.6 is 0 Å². The van der Waals surface area contributed by atoms with Crippen LogP contribution in [0.3, 0.4) is 0 Å². The molecule has 1 fully saturated rings. The van der Waals surface area contributed by atoms with E-state index in [1.807, 2.05) is 6.92 Å². The second-order valence-corrected chi connectivity index (χ2v) is 5.87. The monoisotopic (exact) mass is 256 g/mol. The zero-order valence-electron chi connectivity index (χ0n) is 11.7. The molecule has 18 heavy (non-hydrogen) atoms. The van der Waals surface area contributed by atoms with Crippen LogP contribution < -0.4 is 11.1 Å². The molecule has 1 aliphatic rings. The Morgan fingerprint density at radius 1 is 1.50 bits per heavy atom. The molecule has 0 aromatic rings. The highest BCUT2D eigenvalue weighted by Gasteiger charge is 2.32. The van der Waals surface area contributed by atoms with Gasteiger partial charge in [-0.15, -0.1) is 0 Å². The fraction of sp³-hybridized carbons (Fsp3) is 0.929. The first kappa shape index (κ1) is 15.4. The van der Waals surface area contributed by atoms with Gasteiger partial charge in [0.1, 0.15) is 0 Å². The van der Waals surface area contributed by atoms with E-state index in [0.29, 0.717) is 19.4 Å². The summed E-state index contributed by atoms with van der Waals surface area (Å²) < 4.78 is 0. The fourth-order valence-electron chi connectivity index (χ4n) is 2.51. The van der Waals surface area contributed by atoms with E-state index < -0.39 is 5.60 Å². The molecule has 0 spiro atoms. The lowest BCUT2D eigenvalue weighted by Gasteiger charge is -2.35. The summed E-state index contributed by atoms with van der Waals surface area (Å²) in [4.78, 5) is 11.6. The largest absolute Gasteiger partial charge is 0.388 e. The number of hydrogen-bond donors (Lipinski definition) is 3.